The lowest BCUT2D eigenvalue weighted by molar-refractivity contribution is -0.115. The van der Waals surface area contributed by atoms with Crippen LogP contribution in [-0.4, -0.2) is 16.1 Å². The number of nitrogens with one attached hydrogen (secondary N) is 2. The largest absolute Gasteiger partial charge is 0.323 e. The fraction of sp³-hybridized carbons (Fsp3) is 0.0909. The molecule has 1 aromatic heterocycles. The van der Waals surface area contributed by atoms with Crippen LogP contribution in [0.25, 0.3) is 0 Å². The van der Waals surface area contributed by atoms with E-state index in [4.69, 9.17) is 0 Å². The number of nitrogens with zero attached hydrogens (tertiary/aromatic N) is 1. The normalized spacial score (nSPS) is 10.1. The van der Waals surface area contributed by atoms with Crippen molar-refractivity contribution in [3.63, 3.8) is 0 Å². The van der Waals surface area contributed by atoms with Gasteiger partial charge in [0.1, 0.15) is 0 Å². The summed E-state index contributed by atoms with van der Waals surface area (Å²) < 4.78 is 1.13. The van der Waals surface area contributed by atoms with E-state index in [2.05, 4.69) is 38.1 Å². The minimum absolute atomic E-state index is 0.0385. The van der Waals surface area contributed by atoms with Crippen molar-refractivity contribution in [3.8, 4) is 0 Å². The molecule has 0 fully saturated rings. The summed E-state index contributed by atoms with van der Waals surface area (Å²) in [7, 11) is 0. The molecule has 1 amide bonds. The molecule has 82 valence electrons. The van der Waals surface area contributed by atoms with Gasteiger partial charge in [0.2, 0.25) is 5.91 Å². The Kier molecular flexibility index (Phi) is 3.55. The number of hydrogen-bond acceptors (Lipinski definition) is 2. The molecule has 0 saturated heterocycles. The Balaban J connectivity index is 1.97. The van der Waals surface area contributed by atoms with Gasteiger partial charge in [0, 0.05) is 9.77 Å². The van der Waals surface area contributed by atoms with Crippen molar-refractivity contribution in [1.29, 1.82) is 0 Å². The Bertz CT molecular complexity index is 482. The monoisotopic (exact) mass is 327 g/mol. The molecule has 0 atom stereocenters. The maximum atomic E-state index is 11.6. The highest BCUT2D eigenvalue weighted by atomic mass is 127. The number of amides is 1. The number of carbonyl (C=O) groups excluding carboxylic acids is 1. The Morgan fingerprint density at radius 3 is 3.06 bits per heavy atom. The van der Waals surface area contributed by atoms with Crippen LogP contribution in [0.1, 0.15) is 5.56 Å². The van der Waals surface area contributed by atoms with Crippen molar-refractivity contribution in [2.45, 2.75) is 6.42 Å². The van der Waals surface area contributed by atoms with E-state index in [1.807, 2.05) is 24.3 Å². The summed E-state index contributed by atoms with van der Waals surface area (Å²) in [4.78, 5) is 11.6. The van der Waals surface area contributed by atoms with E-state index in [0.29, 0.717) is 12.1 Å². The molecule has 4 nitrogen and oxygen atoms in total. The van der Waals surface area contributed by atoms with Crippen LogP contribution in [0.2, 0.25) is 0 Å². The molecular formula is C11H10IN3O. The Hall–Kier alpha value is -1.37. The lowest BCUT2D eigenvalue weighted by Crippen LogP contribution is -2.13. The maximum absolute atomic E-state index is 11.6. The van der Waals surface area contributed by atoms with Gasteiger partial charge >= 0.3 is 0 Å². The standard InChI is InChI=1S/C11H10IN3O/c12-9-3-1-2-8(4-9)5-11(16)15-10-6-13-14-7-10/h1-4,6-7H,5H2,(H,13,14)(H,15,16). The first-order valence-electron chi connectivity index (χ1n) is 4.77. The number of aromatic nitrogens is 2. The van der Waals surface area contributed by atoms with Crippen molar-refractivity contribution in [1.82, 2.24) is 10.2 Å². The number of benzene rings is 1. The van der Waals surface area contributed by atoms with Gasteiger partial charge in [0.05, 0.1) is 18.3 Å². The maximum Gasteiger partial charge on any atom is 0.228 e. The van der Waals surface area contributed by atoms with Crippen LogP contribution in [0.3, 0.4) is 0 Å². The van der Waals surface area contributed by atoms with Crippen LogP contribution in [0.15, 0.2) is 36.7 Å². The smallest absolute Gasteiger partial charge is 0.228 e. The lowest BCUT2D eigenvalue weighted by Gasteiger charge is -2.02. The fourth-order valence-electron chi connectivity index (χ4n) is 1.36. The number of anilines is 1. The van der Waals surface area contributed by atoms with Gasteiger partial charge in [-0.05, 0) is 40.3 Å². The first-order chi connectivity index (χ1) is 7.74. The summed E-state index contributed by atoms with van der Waals surface area (Å²) in [5.74, 6) is -0.0385. The van der Waals surface area contributed by atoms with Gasteiger partial charge in [-0.3, -0.25) is 9.89 Å². The van der Waals surface area contributed by atoms with Crippen LogP contribution in [0.5, 0.6) is 0 Å². The molecule has 1 aromatic carbocycles. The van der Waals surface area contributed by atoms with Gasteiger partial charge in [-0.2, -0.15) is 5.10 Å². The third-order valence-corrected chi connectivity index (χ3v) is 2.71. The molecular weight excluding hydrogens is 317 g/mol. The van der Waals surface area contributed by atoms with Gasteiger partial charge in [0.15, 0.2) is 0 Å². The number of rotatable bonds is 3. The van der Waals surface area contributed by atoms with Crippen LogP contribution in [0.4, 0.5) is 5.69 Å². The summed E-state index contributed by atoms with van der Waals surface area (Å²) in [6, 6.07) is 7.88. The fourth-order valence-corrected chi connectivity index (χ4v) is 1.96. The van der Waals surface area contributed by atoms with Gasteiger partial charge in [-0.25, -0.2) is 0 Å². The molecule has 0 aliphatic rings. The molecule has 16 heavy (non-hydrogen) atoms. The zero-order valence-electron chi connectivity index (χ0n) is 8.40. The summed E-state index contributed by atoms with van der Waals surface area (Å²) in [6.45, 7) is 0. The summed E-state index contributed by atoms with van der Waals surface area (Å²) >= 11 is 2.23. The van der Waals surface area contributed by atoms with E-state index >= 15 is 0 Å². The van der Waals surface area contributed by atoms with Crippen molar-refractivity contribution in [3.05, 3.63) is 45.8 Å². The second-order valence-corrected chi connectivity index (χ2v) is 4.59. The number of H-pyrrole nitrogens is 1. The molecule has 1 heterocycles. The quantitative estimate of drug-likeness (QED) is 0.849. The lowest BCUT2D eigenvalue weighted by atomic mass is 10.1. The molecule has 2 rings (SSSR count). The average molecular weight is 327 g/mol. The van der Waals surface area contributed by atoms with E-state index in [-0.39, 0.29) is 5.91 Å². The summed E-state index contributed by atoms with van der Waals surface area (Å²) in [5.41, 5.74) is 1.70. The highest BCUT2D eigenvalue weighted by Crippen LogP contribution is 2.09. The SMILES string of the molecule is O=C(Cc1cccc(I)c1)Nc1cn[nH]c1. The first-order valence-corrected chi connectivity index (χ1v) is 5.85. The topological polar surface area (TPSA) is 57.8 Å². The second-order valence-electron chi connectivity index (χ2n) is 3.34. The minimum atomic E-state index is -0.0385. The van der Waals surface area contributed by atoms with Gasteiger partial charge in [0.25, 0.3) is 0 Å². The average Bonchev–Trinajstić information content (AvgIpc) is 2.70. The second kappa shape index (κ2) is 5.11. The van der Waals surface area contributed by atoms with Gasteiger partial charge in [-0.1, -0.05) is 12.1 Å². The zero-order chi connectivity index (χ0) is 11.4. The third kappa shape index (κ3) is 3.06. The van der Waals surface area contributed by atoms with Gasteiger partial charge < -0.3 is 5.32 Å². The Morgan fingerprint density at radius 1 is 1.50 bits per heavy atom. The van der Waals surface area contributed by atoms with Crippen molar-refractivity contribution < 1.29 is 4.79 Å². The predicted octanol–water partition coefficient (Wildman–Crippen LogP) is 2.20. The molecule has 5 heteroatoms. The zero-order valence-corrected chi connectivity index (χ0v) is 10.6. The van der Waals surface area contributed by atoms with E-state index in [1.54, 1.807) is 12.4 Å². The molecule has 0 aliphatic carbocycles. The van der Waals surface area contributed by atoms with Crippen molar-refractivity contribution >= 4 is 34.2 Å². The van der Waals surface area contributed by atoms with Crippen LogP contribution in [-0.2, 0) is 11.2 Å². The molecule has 0 unspecified atom stereocenters. The van der Waals surface area contributed by atoms with Crippen LogP contribution < -0.4 is 5.32 Å². The van der Waals surface area contributed by atoms with E-state index in [0.717, 1.165) is 9.13 Å². The van der Waals surface area contributed by atoms with E-state index in [1.165, 1.54) is 0 Å². The van der Waals surface area contributed by atoms with Crippen LogP contribution >= 0.6 is 22.6 Å². The van der Waals surface area contributed by atoms with E-state index in [9.17, 15) is 4.79 Å². The number of halogens is 1. The molecule has 0 spiro atoms. The van der Waals surface area contributed by atoms with Crippen molar-refractivity contribution in [2.75, 3.05) is 5.32 Å². The molecule has 2 aromatic rings. The van der Waals surface area contributed by atoms with E-state index < -0.39 is 0 Å². The van der Waals surface area contributed by atoms with Crippen LogP contribution in [0, 0.1) is 3.57 Å². The third-order valence-electron chi connectivity index (χ3n) is 2.04. The Labute approximate surface area is 107 Å². The molecule has 0 saturated carbocycles. The molecule has 2 N–H and O–H groups in total. The summed E-state index contributed by atoms with van der Waals surface area (Å²) in [6.07, 6.45) is 3.60. The highest BCUT2D eigenvalue weighted by molar-refractivity contribution is 14.1. The highest BCUT2D eigenvalue weighted by Gasteiger charge is 2.04. The van der Waals surface area contributed by atoms with Gasteiger partial charge in [-0.15, -0.1) is 0 Å². The minimum Gasteiger partial charge on any atom is -0.323 e. The van der Waals surface area contributed by atoms with Crippen molar-refractivity contribution in [2.24, 2.45) is 0 Å². The number of carbonyl (C=O) groups is 1. The molecule has 0 aliphatic heterocycles. The molecule has 0 bridgehead atoms. The number of hydrogen-bond donors (Lipinski definition) is 2. The molecule has 0 radical (unpaired) electrons. The number of aromatic amines is 1. The Morgan fingerprint density at radius 2 is 2.38 bits per heavy atom. The predicted molar refractivity (Wildman–Crippen MR) is 70.1 cm³/mol. The summed E-state index contributed by atoms with van der Waals surface area (Å²) in [5, 5.41) is 9.15. The first kappa shape index (κ1) is 11.1.